The highest BCUT2D eigenvalue weighted by Gasteiger charge is 2.09. The number of aromatic nitrogens is 3. The van der Waals surface area contributed by atoms with E-state index < -0.39 is 5.97 Å². The summed E-state index contributed by atoms with van der Waals surface area (Å²) in [5.74, 6) is 0.435. The van der Waals surface area contributed by atoms with Gasteiger partial charge in [0.2, 0.25) is 0 Å². The van der Waals surface area contributed by atoms with Crippen LogP contribution in [0.2, 0.25) is 0 Å². The van der Waals surface area contributed by atoms with Crippen LogP contribution in [0.15, 0.2) is 42.6 Å². The van der Waals surface area contributed by atoms with Crippen LogP contribution >= 0.6 is 0 Å². The quantitative estimate of drug-likeness (QED) is 0.792. The normalized spacial score (nSPS) is 10.7. The molecule has 1 aromatic carbocycles. The molecule has 0 aliphatic carbocycles. The Morgan fingerprint density at radius 2 is 2.19 bits per heavy atom. The van der Waals surface area contributed by atoms with E-state index in [9.17, 15) is 4.79 Å². The third-order valence-electron chi connectivity index (χ3n) is 3.12. The second-order valence-corrected chi connectivity index (χ2v) is 4.58. The molecule has 0 bridgehead atoms. The molecule has 0 aliphatic rings. The number of nitrogens with zero attached hydrogens (tertiary/aromatic N) is 3. The van der Waals surface area contributed by atoms with Crippen LogP contribution in [0.5, 0.6) is 5.75 Å². The number of fused-ring (bicyclic) bond motifs is 1. The molecule has 3 aromatic rings. The lowest BCUT2D eigenvalue weighted by Crippen LogP contribution is -1.97. The number of ether oxygens (including phenoxy) is 1. The number of pyridine rings is 1. The Hall–Kier alpha value is -2.89. The van der Waals surface area contributed by atoms with Crippen molar-refractivity contribution in [3.05, 3.63) is 59.5 Å². The van der Waals surface area contributed by atoms with Crippen molar-refractivity contribution in [1.82, 2.24) is 14.6 Å². The van der Waals surface area contributed by atoms with Gasteiger partial charge < -0.3 is 9.84 Å². The molecule has 0 spiro atoms. The molecule has 106 valence electrons. The Morgan fingerprint density at radius 3 is 2.95 bits per heavy atom. The topological polar surface area (TPSA) is 76.7 Å². The van der Waals surface area contributed by atoms with Crippen LogP contribution in [0.1, 0.15) is 21.7 Å². The van der Waals surface area contributed by atoms with Crippen LogP contribution in [0.4, 0.5) is 0 Å². The number of rotatable bonds is 4. The van der Waals surface area contributed by atoms with Crippen molar-refractivity contribution in [2.45, 2.75) is 6.42 Å². The van der Waals surface area contributed by atoms with E-state index in [-0.39, 0.29) is 5.56 Å². The van der Waals surface area contributed by atoms with Crippen LogP contribution in [0.25, 0.3) is 5.65 Å². The van der Waals surface area contributed by atoms with E-state index >= 15 is 0 Å². The summed E-state index contributed by atoms with van der Waals surface area (Å²) in [6.45, 7) is 0. The summed E-state index contributed by atoms with van der Waals surface area (Å²) in [5.41, 5.74) is 1.75. The molecule has 0 saturated carbocycles. The van der Waals surface area contributed by atoms with Crippen molar-refractivity contribution in [2.24, 2.45) is 0 Å². The second kappa shape index (κ2) is 5.24. The number of carboxylic acid groups (broad SMARTS) is 1. The zero-order chi connectivity index (χ0) is 14.8. The zero-order valence-corrected chi connectivity index (χ0v) is 11.4. The Kier molecular flexibility index (Phi) is 3.27. The minimum atomic E-state index is -0.977. The molecule has 0 saturated heterocycles. The maximum Gasteiger partial charge on any atom is 0.335 e. The largest absolute Gasteiger partial charge is 0.497 e. The van der Waals surface area contributed by atoms with Gasteiger partial charge in [-0.15, -0.1) is 0 Å². The first-order chi connectivity index (χ1) is 10.2. The van der Waals surface area contributed by atoms with E-state index in [2.05, 4.69) is 10.1 Å². The highest BCUT2D eigenvalue weighted by atomic mass is 16.5. The van der Waals surface area contributed by atoms with Crippen molar-refractivity contribution in [3.63, 3.8) is 0 Å². The fourth-order valence-electron chi connectivity index (χ4n) is 2.10. The average molecular weight is 283 g/mol. The molecule has 2 heterocycles. The Balaban J connectivity index is 1.92. The lowest BCUT2D eigenvalue weighted by molar-refractivity contribution is 0.0697. The summed E-state index contributed by atoms with van der Waals surface area (Å²) in [6, 6.07) is 10.7. The van der Waals surface area contributed by atoms with Crippen LogP contribution < -0.4 is 4.74 Å². The van der Waals surface area contributed by atoms with E-state index in [1.807, 2.05) is 24.3 Å². The lowest BCUT2D eigenvalue weighted by Gasteiger charge is -2.01. The van der Waals surface area contributed by atoms with Crippen LogP contribution in [0, 0.1) is 0 Å². The fourth-order valence-corrected chi connectivity index (χ4v) is 2.10. The van der Waals surface area contributed by atoms with Gasteiger partial charge in [-0.2, -0.15) is 5.10 Å². The molecule has 0 radical (unpaired) electrons. The highest BCUT2D eigenvalue weighted by Crippen LogP contribution is 2.15. The van der Waals surface area contributed by atoms with Gasteiger partial charge in [-0.05, 0) is 29.8 Å². The number of aromatic carboxylic acids is 1. The molecular weight excluding hydrogens is 270 g/mol. The van der Waals surface area contributed by atoms with E-state index in [1.54, 1.807) is 17.8 Å². The Labute approximate surface area is 120 Å². The van der Waals surface area contributed by atoms with Gasteiger partial charge in [0.15, 0.2) is 11.5 Å². The van der Waals surface area contributed by atoms with Gasteiger partial charge in [0.1, 0.15) is 5.75 Å². The van der Waals surface area contributed by atoms with E-state index in [0.717, 1.165) is 11.3 Å². The second-order valence-electron chi connectivity index (χ2n) is 4.58. The number of carboxylic acids is 1. The summed E-state index contributed by atoms with van der Waals surface area (Å²) in [5, 5.41) is 13.3. The zero-order valence-electron chi connectivity index (χ0n) is 11.4. The fraction of sp³-hybridized carbons (Fsp3) is 0.133. The van der Waals surface area contributed by atoms with Crippen molar-refractivity contribution in [3.8, 4) is 5.75 Å². The predicted octanol–water partition coefficient (Wildman–Crippen LogP) is 2.03. The van der Waals surface area contributed by atoms with E-state index in [4.69, 9.17) is 9.84 Å². The molecule has 6 heteroatoms. The monoisotopic (exact) mass is 283 g/mol. The van der Waals surface area contributed by atoms with Gasteiger partial charge in [0.05, 0.1) is 12.7 Å². The Morgan fingerprint density at radius 1 is 1.33 bits per heavy atom. The minimum Gasteiger partial charge on any atom is -0.497 e. The third kappa shape index (κ3) is 2.69. The maximum absolute atomic E-state index is 10.9. The smallest absolute Gasteiger partial charge is 0.335 e. The van der Waals surface area contributed by atoms with Gasteiger partial charge in [0, 0.05) is 12.6 Å². The van der Waals surface area contributed by atoms with E-state index in [0.29, 0.717) is 17.9 Å². The highest BCUT2D eigenvalue weighted by molar-refractivity contribution is 5.88. The molecule has 0 amide bonds. The minimum absolute atomic E-state index is 0.197. The molecular formula is C15H13N3O3. The number of benzene rings is 1. The number of methoxy groups -OCH3 is 1. The summed E-state index contributed by atoms with van der Waals surface area (Å²) < 4.78 is 6.75. The summed E-state index contributed by atoms with van der Waals surface area (Å²) in [4.78, 5) is 15.3. The van der Waals surface area contributed by atoms with Gasteiger partial charge in [-0.1, -0.05) is 12.1 Å². The van der Waals surface area contributed by atoms with Gasteiger partial charge in [-0.25, -0.2) is 14.3 Å². The van der Waals surface area contributed by atoms with E-state index in [1.165, 1.54) is 12.1 Å². The lowest BCUT2D eigenvalue weighted by atomic mass is 10.1. The molecule has 6 nitrogen and oxygen atoms in total. The molecule has 0 unspecified atom stereocenters. The summed E-state index contributed by atoms with van der Waals surface area (Å²) in [7, 11) is 1.62. The van der Waals surface area contributed by atoms with Gasteiger partial charge in [-0.3, -0.25) is 0 Å². The SMILES string of the molecule is COc1cccc(Cc2nc3cc(C(=O)O)ccn3n2)c1. The number of carbonyl (C=O) groups is 1. The first-order valence-corrected chi connectivity index (χ1v) is 6.37. The standard InChI is InChI=1S/C15H13N3O3/c1-21-12-4-2-3-10(7-12)8-13-16-14-9-11(15(19)20)5-6-18(14)17-13/h2-7,9H,8H2,1H3,(H,19,20). The van der Waals surface area contributed by atoms with Gasteiger partial charge >= 0.3 is 5.97 Å². The molecule has 1 N–H and O–H groups in total. The predicted molar refractivity (Wildman–Crippen MR) is 75.7 cm³/mol. The van der Waals surface area contributed by atoms with Crippen molar-refractivity contribution in [2.75, 3.05) is 7.11 Å². The average Bonchev–Trinajstić information content (AvgIpc) is 2.88. The first-order valence-electron chi connectivity index (χ1n) is 6.37. The third-order valence-corrected chi connectivity index (χ3v) is 3.12. The number of hydrogen-bond donors (Lipinski definition) is 1. The number of hydrogen-bond acceptors (Lipinski definition) is 4. The molecule has 3 rings (SSSR count). The molecule has 2 aromatic heterocycles. The summed E-state index contributed by atoms with van der Waals surface area (Å²) >= 11 is 0. The Bertz CT molecular complexity index is 811. The maximum atomic E-state index is 10.9. The van der Waals surface area contributed by atoms with Crippen LogP contribution in [-0.2, 0) is 6.42 Å². The molecule has 21 heavy (non-hydrogen) atoms. The summed E-state index contributed by atoms with van der Waals surface area (Å²) in [6.07, 6.45) is 2.15. The van der Waals surface area contributed by atoms with Crippen molar-refractivity contribution >= 4 is 11.6 Å². The van der Waals surface area contributed by atoms with Crippen LogP contribution in [-0.4, -0.2) is 32.8 Å². The first kappa shape index (κ1) is 13.1. The molecule has 0 atom stereocenters. The molecule has 0 fully saturated rings. The van der Waals surface area contributed by atoms with Crippen LogP contribution in [0.3, 0.4) is 0 Å². The van der Waals surface area contributed by atoms with Gasteiger partial charge in [0.25, 0.3) is 0 Å². The van der Waals surface area contributed by atoms with Crippen molar-refractivity contribution in [1.29, 1.82) is 0 Å². The van der Waals surface area contributed by atoms with Crippen molar-refractivity contribution < 1.29 is 14.6 Å². The molecule has 0 aliphatic heterocycles.